The van der Waals surface area contributed by atoms with Crippen LogP contribution in [-0.2, 0) is 14.8 Å². The number of nitrogens with one attached hydrogen (secondary N) is 2. The molecule has 0 aliphatic heterocycles. The number of amides is 1. The summed E-state index contributed by atoms with van der Waals surface area (Å²) >= 11 is 0. The van der Waals surface area contributed by atoms with E-state index >= 15 is 0 Å². The molecule has 0 heterocycles. The molecule has 0 spiro atoms. The standard InChI is InChI=1S/C17H16F2N2O5S/c1-3-20-16(22)10-4-6-12(7-5-10)27(24,25)21-11-8-13(18)15(14(19)9-11)17(23)26-2/h4-9,21H,3H2,1-2H3,(H,20,22). The van der Waals surface area contributed by atoms with E-state index in [0.29, 0.717) is 18.7 Å². The first-order valence-corrected chi connectivity index (χ1v) is 9.16. The molecule has 2 aromatic rings. The summed E-state index contributed by atoms with van der Waals surface area (Å²) in [4.78, 5) is 22.8. The molecule has 0 aliphatic rings. The minimum Gasteiger partial charge on any atom is -0.465 e. The van der Waals surface area contributed by atoms with Crippen molar-refractivity contribution < 1.29 is 31.5 Å². The molecule has 0 radical (unpaired) electrons. The highest BCUT2D eigenvalue weighted by Gasteiger charge is 2.22. The van der Waals surface area contributed by atoms with Crippen molar-refractivity contribution in [3.8, 4) is 0 Å². The third-order valence-corrected chi connectivity index (χ3v) is 4.85. The van der Waals surface area contributed by atoms with Crippen molar-refractivity contribution in [2.45, 2.75) is 11.8 Å². The maximum absolute atomic E-state index is 13.9. The molecule has 0 atom stereocenters. The van der Waals surface area contributed by atoms with E-state index in [0.717, 1.165) is 7.11 Å². The van der Waals surface area contributed by atoms with Gasteiger partial charge in [-0.05, 0) is 43.3 Å². The maximum atomic E-state index is 13.9. The minimum atomic E-state index is -4.17. The van der Waals surface area contributed by atoms with Crippen LogP contribution in [0.5, 0.6) is 0 Å². The normalized spacial score (nSPS) is 11.0. The number of sulfonamides is 1. The van der Waals surface area contributed by atoms with Gasteiger partial charge in [0.25, 0.3) is 15.9 Å². The highest BCUT2D eigenvalue weighted by atomic mass is 32.2. The van der Waals surface area contributed by atoms with Crippen molar-refractivity contribution in [2.75, 3.05) is 18.4 Å². The van der Waals surface area contributed by atoms with Crippen molar-refractivity contribution in [3.05, 3.63) is 59.2 Å². The van der Waals surface area contributed by atoms with Crippen molar-refractivity contribution in [1.29, 1.82) is 0 Å². The zero-order valence-electron chi connectivity index (χ0n) is 14.4. The van der Waals surface area contributed by atoms with Gasteiger partial charge in [-0.3, -0.25) is 9.52 Å². The number of carbonyl (C=O) groups is 2. The molecule has 2 rings (SSSR count). The van der Waals surface area contributed by atoms with Gasteiger partial charge < -0.3 is 10.1 Å². The van der Waals surface area contributed by atoms with Gasteiger partial charge in [0.15, 0.2) is 0 Å². The molecule has 0 aromatic heterocycles. The Bertz CT molecular complexity index is 952. The summed E-state index contributed by atoms with van der Waals surface area (Å²) in [6, 6.07) is 6.30. The molecule has 10 heteroatoms. The molecule has 0 bridgehead atoms. The Morgan fingerprint density at radius 3 is 2.11 bits per heavy atom. The third kappa shape index (κ3) is 4.59. The second-order valence-corrected chi connectivity index (χ2v) is 6.98. The summed E-state index contributed by atoms with van der Waals surface area (Å²) in [6.45, 7) is 2.16. The molecule has 0 saturated carbocycles. The third-order valence-electron chi connectivity index (χ3n) is 3.45. The van der Waals surface area contributed by atoms with Crippen LogP contribution in [0.3, 0.4) is 0 Å². The van der Waals surface area contributed by atoms with E-state index in [9.17, 15) is 26.8 Å². The number of rotatable bonds is 6. The van der Waals surface area contributed by atoms with E-state index in [1.807, 2.05) is 4.72 Å². The van der Waals surface area contributed by atoms with Gasteiger partial charge in [0.05, 0.1) is 17.7 Å². The van der Waals surface area contributed by atoms with Crippen LogP contribution in [0.2, 0.25) is 0 Å². The van der Waals surface area contributed by atoms with Crippen molar-refractivity contribution in [3.63, 3.8) is 0 Å². The molecule has 2 N–H and O–H groups in total. The van der Waals surface area contributed by atoms with Gasteiger partial charge in [-0.15, -0.1) is 0 Å². The van der Waals surface area contributed by atoms with Gasteiger partial charge in [0.2, 0.25) is 0 Å². The van der Waals surface area contributed by atoms with Crippen LogP contribution in [0.15, 0.2) is 41.3 Å². The zero-order chi connectivity index (χ0) is 20.2. The van der Waals surface area contributed by atoms with E-state index < -0.39 is 38.9 Å². The first kappa shape index (κ1) is 20.3. The van der Waals surface area contributed by atoms with Crippen LogP contribution < -0.4 is 10.0 Å². The lowest BCUT2D eigenvalue weighted by molar-refractivity contribution is 0.0589. The molecule has 0 fully saturated rings. The topological polar surface area (TPSA) is 102 Å². The molecule has 144 valence electrons. The Labute approximate surface area is 154 Å². The first-order valence-electron chi connectivity index (χ1n) is 7.68. The molecule has 0 unspecified atom stereocenters. The number of hydrogen-bond donors (Lipinski definition) is 2. The number of halogens is 2. The summed E-state index contributed by atoms with van der Waals surface area (Å²) in [5.41, 5.74) is -1.08. The minimum absolute atomic E-state index is 0.214. The summed E-state index contributed by atoms with van der Waals surface area (Å²) in [6.07, 6.45) is 0. The van der Waals surface area contributed by atoms with Crippen molar-refractivity contribution >= 4 is 27.6 Å². The van der Waals surface area contributed by atoms with Crippen molar-refractivity contribution in [2.24, 2.45) is 0 Å². The summed E-state index contributed by atoms with van der Waals surface area (Å²) < 4.78 is 58.8. The van der Waals surface area contributed by atoms with E-state index in [4.69, 9.17) is 0 Å². The molecule has 7 nitrogen and oxygen atoms in total. The smallest absolute Gasteiger partial charge is 0.343 e. The van der Waals surface area contributed by atoms with E-state index in [-0.39, 0.29) is 16.4 Å². The predicted molar refractivity (Wildman–Crippen MR) is 93.0 cm³/mol. The van der Waals surface area contributed by atoms with E-state index in [2.05, 4.69) is 10.1 Å². The van der Waals surface area contributed by atoms with Crippen LogP contribution in [0.4, 0.5) is 14.5 Å². The number of hydrogen-bond acceptors (Lipinski definition) is 5. The lowest BCUT2D eigenvalue weighted by Gasteiger charge is -2.11. The van der Waals surface area contributed by atoms with Gasteiger partial charge in [0.1, 0.15) is 17.2 Å². The molecule has 1 amide bonds. The second-order valence-electron chi connectivity index (χ2n) is 5.30. The summed E-state index contributed by atoms with van der Waals surface area (Å²) in [5.74, 6) is -4.13. The van der Waals surface area contributed by atoms with Gasteiger partial charge >= 0.3 is 5.97 Å². The van der Waals surface area contributed by atoms with Gasteiger partial charge in [0, 0.05) is 12.1 Å². The Morgan fingerprint density at radius 2 is 1.63 bits per heavy atom. The fraction of sp³-hybridized carbons (Fsp3) is 0.176. The predicted octanol–water partition coefficient (Wildman–Crippen LogP) is 2.30. The number of benzene rings is 2. The summed E-state index contributed by atoms with van der Waals surface area (Å²) in [7, 11) is -3.21. The molecule has 0 aliphatic carbocycles. The number of carbonyl (C=O) groups excluding carboxylic acids is 2. The highest BCUT2D eigenvalue weighted by Crippen LogP contribution is 2.22. The van der Waals surface area contributed by atoms with Gasteiger partial charge in [-0.25, -0.2) is 22.0 Å². The quantitative estimate of drug-likeness (QED) is 0.727. The lowest BCUT2D eigenvalue weighted by atomic mass is 10.2. The van der Waals surface area contributed by atoms with Crippen molar-refractivity contribution in [1.82, 2.24) is 5.32 Å². The number of ether oxygens (including phenoxy) is 1. The van der Waals surface area contributed by atoms with E-state index in [1.165, 1.54) is 24.3 Å². The fourth-order valence-corrected chi connectivity index (χ4v) is 3.23. The first-order chi connectivity index (χ1) is 12.7. The summed E-state index contributed by atoms with van der Waals surface area (Å²) in [5, 5.41) is 2.57. The number of anilines is 1. The highest BCUT2D eigenvalue weighted by molar-refractivity contribution is 7.92. The Balaban J connectivity index is 2.28. The Morgan fingerprint density at radius 1 is 1.07 bits per heavy atom. The van der Waals surface area contributed by atoms with Crippen LogP contribution in [0, 0.1) is 11.6 Å². The van der Waals surface area contributed by atoms with E-state index in [1.54, 1.807) is 6.92 Å². The number of esters is 1. The van der Waals surface area contributed by atoms with Gasteiger partial charge in [-0.2, -0.15) is 0 Å². The average molecular weight is 398 g/mol. The molecule has 0 saturated heterocycles. The monoisotopic (exact) mass is 398 g/mol. The molecular formula is C17H16F2N2O5S. The van der Waals surface area contributed by atoms with Crippen LogP contribution >= 0.6 is 0 Å². The van der Waals surface area contributed by atoms with Crippen LogP contribution in [-0.4, -0.2) is 33.9 Å². The SMILES string of the molecule is CCNC(=O)c1ccc(S(=O)(=O)Nc2cc(F)c(C(=O)OC)c(F)c2)cc1. The lowest BCUT2D eigenvalue weighted by Crippen LogP contribution is -2.22. The molecule has 27 heavy (non-hydrogen) atoms. The Hall–Kier alpha value is -3.01. The number of methoxy groups -OCH3 is 1. The largest absolute Gasteiger partial charge is 0.465 e. The average Bonchev–Trinajstić information content (AvgIpc) is 2.60. The van der Waals surface area contributed by atoms with Gasteiger partial charge in [-0.1, -0.05) is 0 Å². The van der Waals surface area contributed by atoms with Crippen LogP contribution in [0.25, 0.3) is 0 Å². The maximum Gasteiger partial charge on any atom is 0.343 e. The Kier molecular flexibility index (Phi) is 6.11. The molecule has 2 aromatic carbocycles. The zero-order valence-corrected chi connectivity index (χ0v) is 15.2. The second kappa shape index (κ2) is 8.12. The fourth-order valence-electron chi connectivity index (χ4n) is 2.19. The van der Waals surface area contributed by atoms with Crippen LogP contribution in [0.1, 0.15) is 27.6 Å². The molecular weight excluding hydrogens is 382 g/mol.